The molecule has 0 fully saturated rings. The monoisotopic (exact) mass is 231 g/mol. The number of carboxylic acid groups (broad SMARTS) is 1. The van der Waals surface area contributed by atoms with Crippen LogP contribution < -0.4 is 5.11 Å². The molecule has 5 heteroatoms. The maximum Gasteiger partial charge on any atom is 0.339 e. The standard InChI is InChI=1S/C7H5BrO4/c8-4-1-3(7(11)12)5(9)2-6(4)10/h1-2,9-10H,(H,11,12)/p-1. The molecule has 1 rings (SSSR count). The van der Waals surface area contributed by atoms with Gasteiger partial charge in [0.2, 0.25) is 0 Å². The molecule has 1 aromatic carbocycles. The lowest BCUT2D eigenvalue weighted by molar-refractivity contribution is -0.269. The Hall–Kier alpha value is -1.23. The number of halogens is 1. The van der Waals surface area contributed by atoms with E-state index >= 15 is 0 Å². The SMILES string of the molecule is O=C(O)c1cc(Br)c([O-])cc1O. The van der Waals surface area contributed by atoms with Gasteiger partial charge in [-0.15, -0.1) is 0 Å². The van der Waals surface area contributed by atoms with E-state index in [0.29, 0.717) is 0 Å². The van der Waals surface area contributed by atoms with Crippen LogP contribution in [-0.2, 0) is 0 Å². The van der Waals surface area contributed by atoms with Crippen LogP contribution in [0.1, 0.15) is 10.4 Å². The molecule has 12 heavy (non-hydrogen) atoms. The molecule has 0 bridgehead atoms. The zero-order valence-corrected chi connectivity index (χ0v) is 7.33. The summed E-state index contributed by atoms with van der Waals surface area (Å²) in [7, 11) is 0. The maximum atomic E-state index is 10.8. The Balaban J connectivity index is 3.33. The van der Waals surface area contributed by atoms with Gasteiger partial charge in [0.1, 0.15) is 11.3 Å². The zero-order valence-electron chi connectivity index (χ0n) is 5.74. The van der Waals surface area contributed by atoms with Crippen molar-refractivity contribution in [3.05, 3.63) is 22.2 Å². The predicted molar refractivity (Wildman–Crippen MR) is 42.2 cm³/mol. The number of aromatic carboxylic acids is 1. The van der Waals surface area contributed by atoms with Crippen molar-refractivity contribution in [1.82, 2.24) is 0 Å². The van der Waals surface area contributed by atoms with E-state index in [9.17, 15) is 9.90 Å². The highest BCUT2D eigenvalue weighted by Crippen LogP contribution is 2.29. The minimum absolute atomic E-state index is 0.123. The summed E-state index contributed by atoms with van der Waals surface area (Å²) in [6.07, 6.45) is 0. The van der Waals surface area contributed by atoms with Crippen LogP contribution in [0.25, 0.3) is 0 Å². The van der Waals surface area contributed by atoms with E-state index < -0.39 is 17.5 Å². The Labute approximate surface area is 76.2 Å². The first kappa shape index (κ1) is 8.86. The molecule has 2 N–H and O–H groups in total. The van der Waals surface area contributed by atoms with E-state index in [0.717, 1.165) is 12.1 Å². The minimum Gasteiger partial charge on any atom is -0.872 e. The van der Waals surface area contributed by atoms with E-state index in [1.807, 2.05) is 0 Å². The average Bonchev–Trinajstić information content (AvgIpc) is 1.96. The summed E-state index contributed by atoms with van der Waals surface area (Å²) in [4.78, 5) is 10.4. The van der Waals surface area contributed by atoms with Gasteiger partial charge in [0.05, 0.1) is 0 Å². The predicted octanol–water partition coefficient (Wildman–Crippen LogP) is 0.926. The van der Waals surface area contributed by atoms with Crippen LogP contribution in [0, 0.1) is 0 Å². The van der Waals surface area contributed by atoms with Gasteiger partial charge in [-0.1, -0.05) is 21.7 Å². The van der Waals surface area contributed by atoms with E-state index in [1.165, 1.54) is 0 Å². The van der Waals surface area contributed by atoms with Crippen molar-refractivity contribution < 1.29 is 20.1 Å². The Kier molecular flexibility index (Phi) is 2.23. The molecule has 0 spiro atoms. The molecule has 0 aromatic heterocycles. The molecule has 0 unspecified atom stereocenters. The summed E-state index contributed by atoms with van der Waals surface area (Å²) in [6, 6.07) is 1.92. The lowest BCUT2D eigenvalue weighted by Crippen LogP contribution is -1.99. The molecule has 0 aliphatic carbocycles. The first-order valence-corrected chi connectivity index (χ1v) is 3.74. The first-order chi connectivity index (χ1) is 5.52. The van der Waals surface area contributed by atoms with E-state index in [4.69, 9.17) is 10.2 Å². The van der Waals surface area contributed by atoms with E-state index in [1.54, 1.807) is 0 Å². The Bertz CT molecular complexity index is 334. The van der Waals surface area contributed by atoms with Crippen molar-refractivity contribution in [1.29, 1.82) is 0 Å². The summed E-state index contributed by atoms with van der Waals surface area (Å²) in [5.74, 6) is -2.23. The van der Waals surface area contributed by atoms with Crippen molar-refractivity contribution in [3.63, 3.8) is 0 Å². The zero-order chi connectivity index (χ0) is 9.30. The van der Waals surface area contributed by atoms with Crippen molar-refractivity contribution >= 4 is 21.9 Å². The number of benzene rings is 1. The van der Waals surface area contributed by atoms with Gasteiger partial charge in [-0.05, 0) is 12.1 Å². The molecule has 64 valence electrons. The quantitative estimate of drug-likeness (QED) is 0.754. The summed E-state index contributed by atoms with van der Waals surface area (Å²) < 4.78 is 0.123. The van der Waals surface area contributed by atoms with Crippen LogP contribution in [0.15, 0.2) is 16.6 Å². The Morgan fingerprint density at radius 1 is 1.50 bits per heavy atom. The van der Waals surface area contributed by atoms with Crippen LogP contribution >= 0.6 is 15.9 Å². The molecule has 0 saturated heterocycles. The van der Waals surface area contributed by atoms with Gasteiger partial charge in [-0.3, -0.25) is 0 Å². The smallest absolute Gasteiger partial charge is 0.339 e. The fraction of sp³-hybridized carbons (Fsp3) is 0. The molecular weight excluding hydrogens is 228 g/mol. The highest BCUT2D eigenvalue weighted by molar-refractivity contribution is 9.10. The van der Waals surface area contributed by atoms with E-state index in [2.05, 4.69) is 15.9 Å². The summed E-state index contributed by atoms with van der Waals surface area (Å²) >= 11 is 2.86. The molecule has 0 amide bonds. The van der Waals surface area contributed by atoms with Crippen molar-refractivity contribution in [3.8, 4) is 11.5 Å². The summed E-state index contributed by atoms with van der Waals surface area (Å²) in [5.41, 5.74) is -0.290. The van der Waals surface area contributed by atoms with Crippen molar-refractivity contribution in [2.75, 3.05) is 0 Å². The molecule has 0 saturated carbocycles. The van der Waals surface area contributed by atoms with Crippen LogP contribution in [0.5, 0.6) is 11.5 Å². The second-order valence-corrected chi connectivity index (χ2v) is 2.96. The van der Waals surface area contributed by atoms with Crippen LogP contribution in [0.3, 0.4) is 0 Å². The molecule has 0 heterocycles. The van der Waals surface area contributed by atoms with Gasteiger partial charge in [-0.2, -0.15) is 0 Å². The van der Waals surface area contributed by atoms with Crippen LogP contribution in [-0.4, -0.2) is 16.2 Å². The number of hydrogen-bond acceptors (Lipinski definition) is 3. The van der Waals surface area contributed by atoms with Crippen LogP contribution in [0.2, 0.25) is 0 Å². The largest absolute Gasteiger partial charge is 0.872 e. The molecule has 1 aromatic rings. The van der Waals surface area contributed by atoms with Crippen LogP contribution in [0.4, 0.5) is 0 Å². The lowest BCUT2D eigenvalue weighted by Gasteiger charge is -2.09. The van der Waals surface area contributed by atoms with Crippen molar-refractivity contribution in [2.24, 2.45) is 0 Å². The Morgan fingerprint density at radius 2 is 2.08 bits per heavy atom. The lowest BCUT2D eigenvalue weighted by atomic mass is 10.2. The number of carbonyl (C=O) groups is 1. The molecule has 0 aliphatic rings. The molecule has 0 aliphatic heterocycles. The minimum atomic E-state index is -1.27. The van der Waals surface area contributed by atoms with Gasteiger partial charge in [-0.25, -0.2) is 4.79 Å². The van der Waals surface area contributed by atoms with Gasteiger partial charge >= 0.3 is 5.97 Å². The van der Waals surface area contributed by atoms with Gasteiger partial charge in [0.25, 0.3) is 0 Å². The molecule has 4 nitrogen and oxygen atoms in total. The second-order valence-electron chi connectivity index (χ2n) is 2.10. The maximum absolute atomic E-state index is 10.8. The average molecular weight is 232 g/mol. The fourth-order valence-electron chi connectivity index (χ4n) is 0.714. The van der Waals surface area contributed by atoms with Crippen molar-refractivity contribution in [2.45, 2.75) is 0 Å². The summed E-state index contributed by atoms with van der Waals surface area (Å²) in [6.45, 7) is 0. The number of carboxylic acids is 1. The molecular formula is C7H4BrO4-. The highest BCUT2D eigenvalue weighted by atomic mass is 79.9. The van der Waals surface area contributed by atoms with Gasteiger partial charge in [0, 0.05) is 4.47 Å². The van der Waals surface area contributed by atoms with Gasteiger partial charge < -0.3 is 15.3 Å². The summed E-state index contributed by atoms with van der Waals surface area (Å²) in [5, 5.41) is 28.3. The topological polar surface area (TPSA) is 80.6 Å². The third-order valence-electron chi connectivity index (χ3n) is 1.28. The fourth-order valence-corrected chi connectivity index (χ4v) is 1.06. The van der Waals surface area contributed by atoms with Gasteiger partial charge in [0.15, 0.2) is 0 Å². The third kappa shape index (κ3) is 1.50. The third-order valence-corrected chi connectivity index (χ3v) is 1.90. The first-order valence-electron chi connectivity index (χ1n) is 2.95. The highest BCUT2D eigenvalue weighted by Gasteiger charge is 2.09. The number of aromatic hydroxyl groups is 1. The normalized spacial score (nSPS) is 9.75. The number of phenols is 1. The van der Waals surface area contributed by atoms with E-state index in [-0.39, 0.29) is 10.0 Å². The number of hydrogen-bond donors (Lipinski definition) is 2. The second kappa shape index (κ2) is 3.02. The number of rotatable bonds is 1. The molecule has 0 radical (unpaired) electrons. The molecule has 0 atom stereocenters. The Morgan fingerprint density at radius 3 is 2.58 bits per heavy atom.